The van der Waals surface area contributed by atoms with Crippen molar-refractivity contribution < 1.29 is 13.2 Å². The molecule has 1 aromatic carbocycles. The minimum Gasteiger partial charge on any atom is -0.434 e. The van der Waals surface area contributed by atoms with Crippen LogP contribution in [0.1, 0.15) is 0 Å². The molecule has 0 saturated heterocycles. The van der Waals surface area contributed by atoms with Crippen LogP contribution < -0.4 is 5.73 Å². The molecule has 18 heavy (non-hydrogen) atoms. The lowest BCUT2D eigenvalue weighted by molar-refractivity contribution is 0.508. The number of oxazole rings is 1. The summed E-state index contributed by atoms with van der Waals surface area (Å²) in [6, 6.07) is 5.21. The molecule has 0 fully saturated rings. The van der Waals surface area contributed by atoms with E-state index in [2.05, 4.69) is 9.97 Å². The highest BCUT2D eigenvalue weighted by Gasteiger charge is 2.15. The van der Waals surface area contributed by atoms with Gasteiger partial charge in [0.15, 0.2) is 22.9 Å². The van der Waals surface area contributed by atoms with Gasteiger partial charge in [0.25, 0.3) is 0 Å². The van der Waals surface area contributed by atoms with Crippen LogP contribution in [0.15, 0.2) is 34.9 Å². The average molecular weight is 247 g/mol. The van der Waals surface area contributed by atoms with E-state index >= 15 is 0 Å². The van der Waals surface area contributed by atoms with Crippen molar-refractivity contribution in [2.24, 2.45) is 0 Å². The predicted molar refractivity (Wildman–Crippen MR) is 61.6 cm³/mol. The standard InChI is InChI=1S/C12H7F2N3O/c13-7-4-6(9(15)5-8(7)14)12-17-11-10(18-12)2-1-3-16-11/h1-5H,15H2. The fourth-order valence-corrected chi connectivity index (χ4v) is 1.63. The summed E-state index contributed by atoms with van der Waals surface area (Å²) in [6.45, 7) is 0. The lowest BCUT2D eigenvalue weighted by Crippen LogP contribution is -1.94. The quantitative estimate of drug-likeness (QED) is 0.671. The number of rotatable bonds is 1. The Labute approximate surface area is 100 Å². The largest absolute Gasteiger partial charge is 0.434 e. The van der Waals surface area contributed by atoms with Crippen molar-refractivity contribution in [3.8, 4) is 11.5 Å². The highest BCUT2D eigenvalue weighted by Crippen LogP contribution is 2.29. The molecule has 0 radical (unpaired) electrons. The van der Waals surface area contributed by atoms with Gasteiger partial charge in [-0.3, -0.25) is 0 Å². The van der Waals surface area contributed by atoms with Gasteiger partial charge in [-0.15, -0.1) is 0 Å². The molecule has 0 aliphatic rings. The third-order valence-electron chi connectivity index (χ3n) is 2.49. The molecule has 6 heteroatoms. The van der Waals surface area contributed by atoms with Crippen molar-refractivity contribution in [1.29, 1.82) is 0 Å². The van der Waals surface area contributed by atoms with Crippen LogP contribution in [0.3, 0.4) is 0 Å². The lowest BCUT2D eigenvalue weighted by Gasteiger charge is -2.01. The van der Waals surface area contributed by atoms with Crippen LogP contribution >= 0.6 is 0 Å². The van der Waals surface area contributed by atoms with Crippen molar-refractivity contribution in [3.63, 3.8) is 0 Å². The van der Waals surface area contributed by atoms with Crippen LogP contribution in [0, 0.1) is 11.6 Å². The first-order chi connectivity index (χ1) is 8.65. The Hall–Kier alpha value is -2.50. The van der Waals surface area contributed by atoms with Gasteiger partial charge >= 0.3 is 0 Å². The first-order valence-electron chi connectivity index (χ1n) is 5.11. The summed E-state index contributed by atoms with van der Waals surface area (Å²) >= 11 is 0. The Bertz CT molecular complexity index is 706. The van der Waals surface area contributed by atoms with Crippen molar-refractivity contribution in [2.45, 2.75) is 0 Å². The minimum absolute atomic E-state index is 0.0560. The normalized spacial score (nSPS) is 11.0. The molecule has 0 spiro atoms. The highest BCUT2D eigenvalue weighted by molar-refractivity contribution is 5.77. The second-order valence-electron chi connectivity index (χ2n) is 3.70. The maximum atomic E-state index is 13.2. The number of fused-ring (bicyclic) bond motifs is 1. The second-order valence-corrected chi connectivity index (χ2v) is 3.70. The van der Waals surface area contributed by atoms with Gasteiger partial charge < -0.3 is 10.2 Å². The molecule has 2 heterocycles. The van der Waals surface area contributed by atoms with Gasteiger partial charge in [-0.2, -0.15) is 4.98 Å². The van der Waals surface area contributed by atoms with E-state index in [0.29, 0.717) is 11.2 Å². The zero-order valence-electron chi connectivity index (χ0n) is 9.02. The zero-order chi connectivity index (χ0) is 12.7. The summed E-state index contributed by atoms with van der Waals surface area (Å²) in [5.41, 5.74) is 6.71. The topological polar surface area (TPSA) is 64.9 Å². The van der Waals surface area contributed by atoms with Crippen LogP contribution in [-0.4, -0.2) is 9.97 Å². The van der Waals surface area contributed by atoms with Crippen molar-refractivity contribution in [1.82, 2.24) is 9.97 Å². The first-order valence-corrected chi connectivity index (χ1v) is 5.11. The van der Waals surface area contributed by atoms with E-state index in [0.717, 1.165) is 12.1 Å². The molecule has 0 unspecified atom stereocenters. The Morgan fingerprint density at radius 2 is 1.94 bits per heavy atom. The van der Waals surface area contributed by atoms with E-state index in [1.807, 2.05) is 0 Å². The van der Waals surface area contributed by atoms with E-state index in [4.69, 9.17) is 10.2 Å². The molecule has 2 aromatic heterocycles. The van der Waals surface area contributed by atoms with Gasteiger partial charge in [-0.05, 0) is 18.2 Å². The molecule has 3 rings (SSSR count). The number of nitrogens with zero attached hydrogens (tertiary/aromatic N) is 2. The van der Waals surface area contributed by atoms with Gasteiger partial charge in [-0.1, -0.05) is 0 Å². The van der Waals surface area contributed by atoms with E-state index < -0.39 is 11.6 Å². The number of anilines is 1. The fourth-order valence-electron chi connectivity index (χ4n) is 1.63. The molecular weight excluding hydrogens is 240 g/mol. The predicted octanol–water partition coefficient (Wildman–Crippen LogP) is 2.75. The van der Waals surface area contributed by atoms with Crippen LogP contribution in [-0.2, 0) is 0 Å². The molecule has 0 amide bonds. The SMILES string of the molecule is Nc1cc(F)c(F)cc1-c1nc2ncccc2o1. The lowest BCUT2D eigenvalue weighted by atomic mass is 10.1. The zero-order valence-corrected chi connectivity index (χ0v) is 9.02. The van der Waals surface area contributed by atoms with Gasteiger partial charge in [0.2, 0.25) is 5.89 Å². The second kappa shape index (κ2) is 3.76. The molecular formula is C12H7F2N3O. The molecule has 0 saturated carbocycles. The van der Waals surface area contributed by atoms with Gasteiger partial charge in [0, 0.05) is 18.0 Å². The summed E-state index contributed by atoms with van der Waals surface area (Å²) in [4.78, 5) is 8.05. The number of nitrogen functional groups attached to an aromatic ring is 1. The summed E-state index contributed by atoms with van der Waals surface area (Å²) in [7, 11) is 0. The number of aromatic nitrogens is 2. The van der Waals surface area contributed by atoms with E-state index in [-0.39, 0.29) is 17.1 Å². The van der Waals surface area contributed by atoms with Crippen molar-refractivity contribution in [2.75, 3.05) is 5.73 Å². The van der Waals surface area contributed by atoms with Crippen LogP contribution in [0.4, 0.5) is 14.5 Å². The number of pyridine rings is 1. The van der Waals surface area contributed by atoms with Crippen LogP contribution in [0.2, 0.25) is 0 Å². The number of nitrogens with two attached hydrogens (primary N) is 1. The number of halogens is 2. The van der Waals surface area contributed by atoms with Gasteiger partial charge in [-0.25, -0.2) is 13.8 Å². The third-order valence-corrected chi connectivity index (χ3v) is 2.49. The van der Waals surface area contributed by atoms with E-state index in [1.54, 1.807) is 18.3 Å². The average Bonchev–Trinajstić information content (AvgIpc) is 2.77. The first kappa shape index (κ1) is 10.6. The maximum absolute atomic E-state index is 13.2. The molecule has 3 aromatic rings. The third kappa shape index (κ3) is 1.58. The molecule has 0 atom stereocenters. The summed E-state index contributed by atoms with van der Waals surface area (Å²) in [6.07, 6.45) is 1.56. The molecule has 2 N–H and O–H groups in total. The molecule has 90 valence electrons. The number of hydrogen-bond acceptors (Lipinski definition) is 4. The number of hydrogen-bond donors (Lipinski definition) is 1. The molecule has 0 aliphatic carbocycles. The number of benzene rings is 1. The van der Waals surface area contributed by atoms with E-state index in [9.17, 15) is 8.78 Å². The fraction of sp³-hybridized carbons (Fsp3) is 0. The summed E-state index contributed by atoms with van der Waals surface area (Å²) in [5, 5.41) is 0. The smallest absolute Gasteiger partial charge is 0.231 e. The van der Waals surface area contributed by atoms with Gasteiger partial charge in [0.1, 0.15) is 0 Å². The Balaban J connectivity index is 2.22. The van der Waals surface area contributed by atoms with Crippen LogP contribution in [0.25, 0.3) is 22.7 Å². The minimum atomic E-state index is -1.01. The van der Waals surface area contributed by atoms with Crippen LogP contribution in [0.5, 0.6) is 0 Å². The summed E-state index contributed by atoms with van der Waals surface area (Å²) < 4.78 is 31.5. The Morgan fingerprint density at radius 1 is 1.17 bits per heavy atom. The molecule has 0 bridgehead atoms. The van der Waals surface area contributed by atoms with Crippen molar-refractivity contribution in [3.05, 3.63) is 42.1 Å². The monoisotopic (exact) mass is 247 g/mol. The Morgan fingerprint density at radius 3 is 2.72 bits per heavy atom. The Kier molecular flexibility index (Phi) is 2.22. The van der Waals surface area contributed by atoms with Crippen molar-refractivity contribution >= 4 is 16.9 Å². The molecule has 4 nitrogen and oxygen atoms in total. The highest BCUT2D eigenvalue weighted by atomic mass is 19.2. The van der Waals surface area contributed by atoms with E-state index in [1.165, 1.54) is 0 Å². The maximum Gasteiger partial charge on any atom is 0.231 e. The molecule has 0 aliphatic heterocycles. The van der Waals surface area contributed by atoms with Gasteiger partial charge in [0.05, 0.1) is 5.56 Å². The summed E-state index contributed by atoms with van der Waals surface area (Å²) in [5.74, 6) is -1.90.